The lowest BCUT2D eigenvalue weighted by molar-refractivity contribution is 0.0918. The zero-order chi connectivity index (χ0) is 18.5. The topological polar surface area (TPSA) is 52.6 Å². The molecule has 0 saturated heterocycles. The number of amides is 1. The minimum Gasteiger partial charge on any atom is -0.394 e. The van der Waals surface area contributed by atoms with Gasteiger partial charge in [0, 0.05) is 30.7 Å². The Morgan fingerprint density at radius 3 is 2.35 bits per heavy atom. The van der Waals surface area contributed by atoms with Gasteiger partial charge in [0.05, 0.1) is 12.6 Å². The molecule has 1 atom stereocenters. The first kappa shape index (κ1) is 18.0. The third-order valence-corrected chi connectivity index (χ3v) is 4.51. The third-order valence-electron chi connectivity index (χ3n) is 4.51. The fraction of sp³-hybridized carbons (Fsp3) is 0.227. The second-order valence-electron chi connectivity index (χ2n) is 6.61. The number of anilines is 1. The van der Waals surface area contributed by atoms with Crippen molar-refractivity contribution in [2.45, 2.75) is 12.5 Å². The number of fused-ring (bicyclic) bond motifs is 1. The number of hydrogen-bond acceptors (Lipinski definition) is 3. The monoisotopic (exact) mass is 348 g/mol. The van der Waals surface area contributed by atoms with Crippen molar-refractivity contribution < 1.29 is 9.90 Å². The minimum absolute atomic E-state index is 0.103. The van der Waals surface area contributed by atoms with Gasteiger partial charge in [-0.15, -0.1) is 0 Å². The van der Waals surface area contributed by atoms with Crippen LogP contribution in [-0.2, 0) is 6.42 Å². The highest BCUT2D eigenvalue weighted by Gasteiger charge is 2.16. The quantitative estimate of drug-likeness (QED) is 0.719. The van der Waals surface area contributed by atoms with Crippen LogP contribution in [0, 0.1) is 0 Å². The average Bonchev–Trinajstić information content (AvgIpc) is 2.67. The first-order valence-electron chi connectivity index (χ1n) is 8.75. The summed E-state index contributed by atoms with van der Waals surface area (Å²) in [7, 11) is 3.98. The number of aliphatic hydroxyl groups is 1. The Kier molecular flexibility index (Phi) is 5.54. The summed E-state index contributed by atoms with van der Waals surface area (Å²) < 4.78 is 0. The highest BCUT2D eigenvalue weighted by atomic mass is 16.3. The Bertz CT molecular complexity index is 891. The van der Waals surface area contributed by atoms with Crippen LogP contribution in [0.5, 0.6) is 0 Å². The van der Waals surface area contributed by atoms with Gasteiger partial charge in [-0.2, -0.15) is 0 Å². The zero-order valence-corrected chi connectivity index (χ0v) is 15.1. The molecule has 0 spiro atoms. The molecule has 1 amide bonds. The lowest BCUT2D eigenvalue weighted by atomic mass is 10.0. The smallest absolute Gasteiger partial charge is 0.252 e. The molecule has 0 aromatic heterocycles. The summed E-state index contributed by atoms with van der Waals surface area (Å²) in [4.78, 5) is 14.9. The number of carbonyl (C=O) groups excluding carboxylic acids is 1. The lowest BCUT2D eigenvalue weighted by Gasteiger charge is -2.19. The Morgan fingerprint density at radius 2 is 1.65 bits per heavy atom. The van der Waals surface area contributed by atoms with E-state index in [9.17, 15) is 9.90 Å². The molecule has 4 heteroatoms. The van der Waals surface area contributed by atoms with Crippen molar-refractivity contribution in [1.29, 1.82) is 0 Å². The molecule has 0 bridgehead atoms. The fourth-order valence-electron chi connectivity index (χ4n) is 3.20. The highest BCUT2D eigenvalue weighted by molar-refractivity contribution is 6.10. The molecular weight excluding hydrogens is 324 g/mol. The van der Waals surface area contributed by atoms with Crippen LogP contribution in [0.15, 0.2) is 66.7 Å². The van der Waals surface area contributed by atoms with E-state index < -0.39 is 0 Å². The first-order valence-corrected chi connectivity index (χ1v) is 8.75. The summed E-state index contributed by atoms with van der Waals surface area (Å²) in [6.07, 6.45) is 0.594. The summed E-state index contributed by atoms with van der Waals surface area (Å²) >= 11 is 0. The van der Waals surface area contributed by atoms with Crippen LogP contribution in [0.2, 0.25) is 0 Å². The van der Waals surface area contributed by atoms with E-state index in [2.05, 4.69) is 5.32 Å². The van der Waals surface area contributed by atoms with Gasteiger partial charge in [0.2, 0.25) is 0 Å². The van der Waals surface area contributed by atoms with Crippen LogP contribution in [0.25, 0.3) is 10.8 Å². The number of hydrogen-bond donors (Lipinski definition) is 2. The van der Waals surface area contributed by atoms with Gasteiger partial charge in [-0.25, -0.2) is 0 Å². The van der Waals surface area contributed by atoms with Gasteiger partial charge in [-0.3, -0.25) is 4.79 Å². The van der Waals surface area contributed by atoms with E-state index in [0.717, 1.165) is 22.0 Å². The second-order valence-corrected chi connectivity index (χ2v) is 6.61. The largest absolute Gasteiger partial charge is 0.394 e. The van der Waals surface area contributed by atoms with Gasteiger partial charge in [0.1, 0.15) is 0 Å². The third kappa shape index (κ3) is 3.86. The van der Waals surface area contributed by atoms with Crippen LogP contribution in [-0.4, -0.2) is 37.8 Å². The van der Waals surface area contributed by atoms with Crippen molar-refractivity contribution >= 4 is 22.4 Å². The van der Waals surface area contributed by atoms with Crippen LogP contribution < -0.4 is 10.2 Å². The maximum Gasteiger partial charge on any atom is 0.252 e. The Morgan fingerprint density at radius 1 is 0.962 bits per heavy atom. The fourth-order valence-corrected chi connectivity index (χ4v) is 3.20. The summed E-state index contributed by atoms with van der Waals surface area (Å²) in [5, 5.41) is 14.6. The van der Waals surface area contributed by atoms with Crippen molar-refractivity contribution in [2.75, 3.05) is 25.6 Å². The number of benzene rings is 3. The Hall–Kier alpha value is -2.85. The molecule has 0 radical (unpaired) electrons. The molecule has 0 fully saturated rings. The van der Waals surface area contributed by atoms with Crippen molar-refractivity contribution in [3.8, 4) is 0 Å². The molecule has 0 aliphatic heterocycles. The van der Waals surface area contributed by atoms with E-state index in [-0.39, 0.29) is 18.6 Å². The molecule has 3 rings (SSSR count). The summed E-state index contributed by atoms with van der Waals surface area (Å²) in [6, 6.07) is 21.2. The minimum atomic E-state index is -0.322. The van der Waals surface area contributed by atoms with Crippen molar-refractivity contribution in [3.63, 3.8) is 0 Å². The van der Waals surface area contributed by atoms with Gasteiger partial charge < -0.3 is 15.3 Å². The Balaban J connectivity index is 1.86. The van der Waals surface area contributed by atoms with Crippen LogP contribution in [0.3, 0.4) is 0 Å². The van der Waals surface area contributed by atoms with Gasteiger partial charge >= 0.3 is 0 Å². The van der Waals surface area contributed by atoms with Crippen molar-refractivity contribution in [3.05, 3.63) is 77.9 Å². The normalized spacial score (nSPS) is 12.0. The number of rotatable bonds is 6. The van der Waals surface area contributed by atoms with E-state index in [4.69, 9.17) is 0 Å². The molecule has 0 heterocycles. The van der Waals surface area contributed by atoms with E-state index in [0.29, 0.717) is 12.0 Å². The van der Waals surface area contributed by atoms with E-state index >= 15 is 0 Å². The van der Waals surface area contributed by atoms with Crippen LogP contribution in [0.1, 0.15) is 15.9 Å². The highest BCUT2D eigenvalue weighted by Crippen LogP contribution is 2.28. The SMILES string of the molecule is CN(C)c1cccc2c(C(=O)N[C@H](CO)Cc3ccccc3)cccc12. The van der Waals surface area contributed by atoms with Gasteiger partial charge in [0.15, 0.2) is 0 Å². The Labute approximate surface area is 154 Å². The number of nitrogens with one attached hydrogen (secondary N) is 1. The average molecular weight is 348 g/mol. The number of nitrogens with zero attached hydrogens (tertiary/aromatic N) is 1. The molecule has 0 saturated carbocycles. The standard InChI is InChI=1S/C22H24N2O2/c1-24(2)21-13-7-10-18-19(21)11-6-12-20(18)22(26)23-17(15-25)14-16-8-4-3-5-9-16/h3-13,17,25H,14-15H2,1-2H3,(H,23,26)/t17-/m0/s1. The zero-order valence-electron chi connectivity index (χ0n) is 15.1. The molecule has 0 unspecified atom stereocenters. The number of aliphatic hydroxyl groups excluding tert-OH is 1. The summed E-state index contributed by atoms with van der Waals surface area (Å²) in [5.41, 5.74) is 2.78. The molecular formula is C22H24N2O2. The van der Waals surface area contributed by atoms with E-state index in [1.165, 1.54) is 0 Å². The van der Waals surface area contributed by atoms with E-state index in [1.54, 1.807) is 0 Å². The van der Waals surface area contributed by atoms with Crippen LogP contribution in [0.4, 0.5) is 5.69 Å². The lowest BCUT2D eigenvalue weighted by Crippen LogP contribution is -2.39. The second kappa shape index (κ2) is 8.02. The van der Waals surface area contributed by atoms with Gasteiger partial charge in [-0.1, -0.05) is 54.6 Å². The maximum absolute atomic E-state index is 12.9. The van der Waals surface area contributed by atoms with Crippen LogP contribution >= 0.6 is 0 Å². The molecule has 134 valence electrons. The molecule has 3 aromatic carbocycles. The maximum atomic E-state index is 12.9. The first-order chi connectivity index (χ1) is 12.6. The molecule has 3 aromatic rings. The predicted octanol–water partition coefficient (Wildman–Crippen LogP) is 3.24. The van der Waals surface area contributed by atoms with Crippen molar-refractivity contribution in [1.82, 2.24) is 5.32 Å². The molecule has 2 N–H and O–H groups in total. The van der Waals surface area contributed by atoms with Gasteiger partial charge in [-0.05, 0) is 29.5 Å². The predicted molar refractivity (Wildman–Crippen MR) is 107 cm³/mol. The number of carbonyl (C=O) groups is 1. The van der Waals surface area contributed by atoms with E-state index in [1.807, 2.05) is 85.7 Å². The van der Waals surface area contributed by atoms with Crippen molar-refractivity contribution in [2.24, 2.45) is 0 Å². The molecule has 0 aliphatic rings. The molecule has 4 nitrogen and oxygen atoms in total. The summed E-state index contributed by atoms with van der Waals surface area (Å²) in [6.45, 7) is -0.103. The molecule has 26 heavy (non-hydrogen) atoms. The van der Waals surface area contributed by atoms with Gasteiger partial charge in [0.25, 0.3) is 5.91 Å². The summed E-state index contributed by atoms with van der Waals surface area (Å²) in [5.74, 6) is -0.165. The molecule has 0 aliphatic carbocycles.